The molecule has 1 unspecified atom stereocenters. The van der Waals surface area contributed by atoms with Gasteiger partial charge in [0.15, 0.2) is 17.5 Å². The van der Waals surface area contributed by atoms with Crippen LogP contribution in [0, 0.1) is 0 Å². The molecule has 0 aliphatic carbocycles. The summed E-state index contributed by atoms with van der Waals surface area (Å²) in [5.74, 6) is 1.18. The second-order valence-corrected chi connectivity index (χ2v) is 6.06. The number of hydrogen-bond donors (Lipinski definition) is 3. The minimum absolute atomic E-state index is 0. The van der Waals surface area contributed by atoms with Crippen LogP contribution in [0.2, 0.25) is 0 Å². The molecule has 2 heterocycles. The van der Waals surface area contributed by atoms with Gasteiger partial charge in [0.1, 0.15) is 5.75 Å². The Morgan fingerprint density at radius 2 is 1.93 bits per heavy atom. The fourth-order valence-corrected chi connectivity index (χ4v) is 2.70. The van der Waals surface area contributed by atoms with E-state index < -0.39 is 12.7 Å². The number of aliphatic imine (C=N–C) groups is 1. The number of alkyl halides is 2. The van der Waals surface area contributed by atoms with Crippen LogP contribution >= 0.6 is 24.0 Å². The van der Waals surface area contributed by atoms with Crippen molar-refractivity contribution in [3.05, 3.63) is 47.8 Å². The fourth-order valence-electron chi connectivity index (χ4n) is 2.70. The van der Waals surface area contributed by atoms with E-state index in [0.717, 1.165) is 0 Å². The third kappa shape index (κ3) is 6.55. The Morgan fingerprint density at radius 1 is 1.23 bits per heavy atom. The molecule has 0 spiro atoms. The van der Waals surface area contributed by atoms with Gasteiger partial charge in [-0.1, -0.05) is 0 Å². The van der Waals surface area contributed by atoms with Crippen LogP contribution in [-0.2, 0) is 6.54 Å². The zero-order chi connectivity index (χ0) is 20.6. The van der Waals surface area contributed by atoms with E-state index in [1.807, 2.05) is 6.92 Å². The van der Waals surface area contributed by atoms with Crippen LogP contribution in [0.3, 0.4) is 0 Å². The summed E-state index contributed by atoms with van der Waals surface area (Å²) < 4.78 is 40.6. The molecule has 1 aliphatic rings. The maximum Gasteiger partial charge on any atom is 0.387 e. The molecule has 1 aliphatic heterocycles. The van der Waals surface area contributed by atoms with Gasteiger partial charge in [0.2, 0.25) is 6.79 Å². The highest BCUT2D eigenvalue weighted by Crippen LogP contribution is 2.39. The van der Waals surface area contributed by atoms with Crippen LogP contribution in [0.25, 0.3) is 0 Å². The van der Waals surface area contributed by atoms with E-state index in [4.69, 9.17) is 9.47 Å². The molecule has 0 amide bonds. The first kappa shape index (κ1) is 23.9. The summed E-state index contributed by atoms with van der Waals surface area (Å²) in [4.78, 5) is 8.31. The van der Waals surface area contributed by atoms with E-state index in [1.54, 1.807) is 30.6 Å². The molecule has 0 bridgehead atoms. The normalized spacial score (nSPS) is 13.6. The third-order valence-corrected chi connectivity index (χ3v) is 4.08. The summed E-state index contributed by atoms with van der Waals surface area (Å²) in [6.45, 7) is -0.217. The van der Waals surface area contributed by atoms with Crippen molar-refractivity contribution in [3.63, 3.8) is 0 Å². The number of ether oxygens (including phenoxy) is 3. The Morgan fingerprint density at radius 3 is 2.60 bits per heavy atom. The lowest BCUT2D eigenvalue weighted by Gasteiger charge is -2.16. The summed E-state index contributed by atoms with van der Waals surface area (Å²) >= 11 is 0. The number of nitrogens with one attached hydrogen (secondary N) is 2. The van der Waals surface area contributed by atoms with E-state index in [-0.39, 0.29) is 49.6 Å². The number of benzene rings is 1. The van der Waals surface area contributed by atoms with E-state index in [2.05, 4.69) is 25.3 Å². The fraction of sp³-hybridized carbons (Fsp3) is 0.368. The molecule has 1 atom stereocenters. The Labute approximate surface area is 189 Å². The standard InChI is InChI=1S/C19H22F2N4O4.HI/c1-2-23-19(25-10-14(26)12-3-5-22-6-4-12)24-9-13-7-16-17(28-11-27-16)8-15(13)29-18(20)21;/h3-8,14,18,26H,2,9-11H2,1H3,(H2,23,24,25);1H. The van der Waals surface area contributed by atoms with Gasteiger partial charge in [-0.05, 0) is 30.7 Å². The van der Waals surface area contributed by atoms with Crippen molar-refractivity contribution in [1.82, 2.24) is 15.6 Å². The first-order valence-electron chi connectivity index (χ1n) is 9.04. The summed E-state index contributed by atoms with van der Waals surface area (Å²) in [5.41, 5.74) is 1.13. The second kappa shape index (κ2) is 11.7. The summed E-state index contributed by atoms with van der Waals surface area (Å²) in [6.07, 6.45) is 2.44. The summed E-state index contributed by atoms with van der Waals surface area (Å²) in [7, 11) is 0. The molecular formula is C19H23F2IN4O4. The van der Waals surface area contributed by atoms with Gasteiger partial charge in [-0.3, -0.25) is 4.98 Å². The van der Waals surface area contributed by atoms with Gasteiger partial charge in [-0.15, -0.1) is 24.0 Å². The number of aliphatic hydroxyl groups is 1. The molecule has 1 aromatic carbocycles. The number of hydrogen-bond acceptors (Lipinski definition) is 6. The Hall–Kier alpha value is -2.41. The number of halogens is 3. The molecule has 1 aromatic heterocycles. The van der Waals surface area contributed by atoms with E-state index >= 15 is 0 Å². The molecule has 3 rings (SSSR count). The molecule has 0 saturated heterocycles. The predicted octanol–water partition coefficient (Wildman–Crippen LogP) is 2.82. The van der Waals surface area contributed by atoms with Gasteiger partial charge in [0.25, 0.3) is 0 Å². The first-order valence-corrected chi connectivity index (χ1v) is 9.04. The molecule has 8 nitrogen and oxygen atoms in total. The molecule has 3 N–H and O–H groups in total. The molecule has 0 fully saturated rings. The van der Waals surface area contributed by atoms with E-state index in [9.17, 15) is 13.9 Å². The zero-order valence-electron chi connectivity index (χ0n) is 16.2. The van der Waals surface area contributed by atoms with Crippen LogP contribution in [0.4, 0.5) is 8.78 Å². The van der Waals surface area contributed by atoms with Crippen molar-refractivity contribution in [1.29, 1.82) is 0 Å². The Bertz CT molecular complexity index is 843. The quantitative estimate of drug-likeness (QED) is 0.271. The van der Waals surface area contributed by atoms with Crippen molar-refractivity contribution < 1.29 is 28.1 Å². The molecule has 164 valence electrons. The van der Waals surface area contributed by atoms with Gasteiger partial charge in [-0.2, -0.15) is 8.78 Å². The Balaban J connectivity index is 0.00000320. The number of nitrogens with zero attached hydrogens (tertiary/aromatic N) is 2. The van der Waals surface area contributed by atoms with Crippen LogP contribution < -0.4 is 24.8 Å². The predicted molar refractivity (Wildman–Crippen MR) is 117 cm³/mol. The number of rotatable bonds is 8. The van der Waals surface area contributed by atoms with Crippen molar-refractivity contribution in [2.45, 2.75) is 26.2 Å². The minimum Gasteiger partial charge on any atom is -0.454 e. The number of aliphatic hydroxyl groups excluding tert-OH is 1. The Kier molecular flexibility index (Phi) is 9.30. The van der Waals surface area contributed by atoms with Crippen LogP contribution in [-0.4, -0.2) is 42.5 Å². The van der Waals surface area contributed by atoms with Gasteiger partial charge < -0.3 is 30.0 Å². The highest BCUT2D eigenvalue weighted by molar-refractivity contribution is 14.0. The van der Waals surface area contributed by atoms with Crippen LogP contribution in [0.5, 0.6) is 17.2 Å². The molecular weight excluding hydrogens is 513 g/mol. The number of pyridine rings is 1. The average molecular weight is 536 g/mol. The lowest BCUT2D eigenvalue weighted by molar-refractivity contribution is -0.0505. The average Bonchev–Trinajstić information content (AvgIpc) is 3.17. The first-order chi connectivity index (χ1) is 14.1. The monoisotopic (exact) mass is 536 g/mol. The van der Waals surface area contributed by atoms with Crippen molar-refractivity contribution >= 4 is 29.9 Å². The van der Waals surface area contributed by atoms with Crippen LogP contribution in [0.1, 0.15) is 24.2 Å². The van der Waals surface area contributed by atoms with Gasteiger partial charge in [0, 0.05) is 37.1 Å². The smallest absolute Gasteiger partial charge is 0.387 e. The highest BCUT2D eigenvalue weighted by atomic mass is 127. The number of aromatic nitrogens is 1. The third-order valence-electron chi connectivity index (χ3n) is 4.08. The van der Waals surface area contributed by atoms with E-state index in [0.29, 0.717) is 35.1 Å². The SMILES string of the molecule is CCNC(=NCc1cc2c(cc1OC(F)F)OCO2)NCC(O)c1ccncc1.I. The molecule has 30 heavy (non-hydrogen) atoms. The second-order valence-electron chi connectivity index (χ2n) is 6.06. The molecule has 11 heteroatoms. The van der Waals surface area contributed by atoms with Crippen LogP contribution in [0.15, 0.2) is 41.7 Å². The highest BCUT2D eigenvalue weighted by Gasteiger charge is 2.20. The number of fused-ring (bicyclic) bond motifs is 1. The lowest BCUT2D eigenvalue weighted by atomic mass is 10.1. The van der Waals surface area contributed by atoms with E-state index in [1.165, 1.54) is 6.07 Å². The molecule has 2 aromatic rings. The topological polar surface area (TPSA) is 97.2 Å². The summed E-state index contributed by atoms with van der Waals surface area (Å²) in [5, 5.41) is 16.3. The molecule has 0 saturated carbocycles. The van der Waals surface area contributed by atoms with Gasteiger partial charge in [0.05, 0.1) is 12.6 Å². The lowest BCUT2D eigenvalue weighted by Crippen LogP contribution is -2.39. The van der Waals surface area contributed by atoms with Gasteiger partial charge >= 0.3 is 6.61 Å². The zero-order valence-corrected chi connectivity index (χ0v) is 18.5. The molecule has 0 radical (unpaired) electrons. The maximum atomic E-state index is 12.8. The van der Waals surface area contributed by atoms with Gasteiger partial charge in [-0.25, -0.2) is 4.99 Å². The van der Waals surface area contributed by atoms with Crippen molar-refractivity contribution in [3.8, 4) is 17.2 Å². The maximum absolute atomic E-state index is 12.8. The minimum atomic E-state index is -2.97. The largest absolute Gasteiger partial charge is 0.454 e. The summed E-state index contributed by atoms with van der Waals surface area (Å²) in [6, 6.07) is 6.37. The number of guanidine groups is 1. The van der Waals surface area contributed by atoms with Crippen molar-refractivity contribution in [2.75, 3.05) is 19.9 Å². The van der Waals surface area contributed by atoms with Crippen molar-refractivity contribution in [2.24, 2.45) is 4.99 Å².